The van der Waals surface area contributed by atoms with E-state index in [0.717, 1.165) is 18.8 Å². The van der Waals surface area contributed by atoms with Gasteiger partial charge in [-0.2, -0.15) is 4.98 Å². The molecule has 1 heterocycles. The molecule has 0 unspecified atom stereocenters. The van der Waals surface area contributed by atoms with Gasteiger partial charge < -0.3 is 15.5 Å². The molecule has 134 valence electrons. The van der Waals surface area contributed by atoms with Crippen LogP contribution in [0.3, 0.4) is 0 Å². The summed E-state index contributed by atoms with van der Waals surface area (Å²) >= 11 is 0. The number of aromatic nitrogens is 2. The third-order valence-electron chi connectivity index (χ3n) is 4.04. The Bertz CT molecular complexity index is 847. The molecule has 0 amide bonds. The van der Waals surface area contributed by atoms with E-state index in [-0.39, 0.29) is 5.82 Å². The summed E-state index contributed by atoms with van der Waals surface area (Å²) in [4.78, 5) is 10.9. The first-order valence-electron chi connectivity index (χ1n) is 8.66. The molecule has 0 aliphatic heterocycles. The smallest absolute Gasteiger partial charge is 0.229 e. The largest absolute Gasteiger partial charge is 0.372 e. The van der Waals surface area contributed by atoms with E-state index >= 15 is 0 Å². The molecule has 0 aliphatic carbocycles. The van der Waals surface area contributed by atoms with Crippen molar-refractivity contribution in [1.29, 1.82) is 0 Å². The lowest BCUT2D eigenvalue weighted by Crippen LogP contribution is -2.21. The summed E-state index contributed by atoms with van der Waals surface area (Å²) in [6.45, 7) is 6.21. The molecule has 3 aromatic rings. The number of halogens is 1. The summed E-state index contributed by atoms with van der Waals surface area (Å²) in [6, 6.07) is 16.3. The molecule has 1 aromatic heterocycles. The Hall–Kier alpha value is -3.15. The Labute approximate surface area is 152 Å². The Morgan fingerprint density at radius 1 is 0.923 bits per heavy atom. The van der Waals surface area contributed by atoms with Crippen molar-refractivity contribution in [2.45, 2.75) is 13.8 Å². The van der Waals surface area contributed by atoms with E-state index < -0.39 is 0 Å². The fraction of sp³-hybridized carbons (Fsp3) is 0.200. The SMILES string of the molecule is CCN(CC)c1ccc(Nc2nccc(Nc3ccccc3F)n2)cc1. The second kappa shape index (κ2) is 8.29. The highest BCUT2D eigenvalue weighted by atomic mass is 19.1. The van der Waals surface area contributed by atoms with Crippen LogP contribution in [-0.4, -0.2) is 23.1 Å². The zero-order valence-corrected chi connectivity index (χ0v) is 14.9. The van der Waals surface area contributed by atoms with Crippen LogP contribution >= 0.6 is 0 Å². The third-order valence-corrected chi connectivity index (χ3v) is 4.04. The molecule has 26 heavy (non-hydrogen) atoms. The van der Waals surface area contributed by atoms with E-state index in [1.807, 2.05) is 12.1 Å². The molecule has 5 nitrogen and oxygen atoms in total. The fourth-order valence-corrected chi connectivity index (χ4v) is 2.66. The van der Waals surface area contributed by atoms with Crippen LogP contribution in [0.15, 0.2) is 60.8 Å². The molecular weight excluding hydrogens is 329 g/mol. The standard InChI is InChI=1S/C20H22FN5/c1-3-26(4-2)16-11-9-15(10-12-16)23-20-22-14-13-19(25-20)24-18-8-6-5-7-17(18)21/h5-14H,3-4H2,1-2H3,(H2,22,23,24,25). The van der Waals surface area contributed by atoms with Gasteiger partial charge in [0.15, 0.2) is 0 Å². The highest BCUT2D eigenvalue weighted by molar-refractivity contribution is 5.62. The Morgan fingerprint density at radius 3 is 2.35 bits per heavy atom. The van der Waals surface area contributed by atoms with Crippen LogP contribution in [0.1, 0.15) is 13.8 Å². The van der Waals surface area contributed by atoms with Gasteiger partial charge in [-0.05, 0) is 56.3 Å². The quantitative estimate of drug-likeness (QED) is 0.631. The summed E-state index contributed by atoms with van der Waals surface area (Å²) in [5, 5.41) is 6.14. The average Bonchev–Trinajstić information content (AvgIpc) is 2.66. The molecular formula is C20H22FN5. The summed E-state index contributed by atoms with van der Waals surface area (Å²) in [7, 11) is 0. The monoisotopic (exact) mass is 351 g/mol. The lowest BCUT2D eigenvalue weighted by molar-refractivity contribution is 0.632. The molecule has 3 rings (SSSR count). The van der Waals surface area contributed by atoms with Crippen LogP contribution in [-0.2, 0) is 0 Å². The molecule has 0 saturated heterocycles. The Morgan fingerprint density at radius 2 is 1.65 bits per heavy atom. The van der Waals surface area contributed by atoms with Gasteiger partial charge in [0, 0.05) is 30.7 Å². The third kappa shape index (κ3) is 4.27. The van der Waals surface area contributed by atoms with Gasteiger partial charge in [0.1, 0.15) is 11.6 Å². The number of rotatable bonds is 7. The molecule has 2 aromatic carbocycles. The molecule has 0 radical (unpaired) electrons. The van der Waals surface area contributed by atoms with E-state index in [1.54, 1.807) is 30.5 Å². The highest BCUT2D eigenvalue weighted by Crippen LogP contribution is 2.21. The topological polar surface area (TPSA) is 53.1 Å². The van der Waals surface area contributed by atoms with Gasteiger partial charge in [0.25, 0.3) is 0 Å². The molecule has 0 bridgehead atoms. The van der Waals surface area contributed by atoms with Crippen molar-refractivity contribution in [3.05, 3.63) is 66.6 Å². The van der Waals surface area contributed by atoms with E-state index in [0.29, 0.717) is 17.5 Å². The first-order chi connectivity index (χ1) is 12.7. The van der Waals surface area contributed by atoms with Gasteiger partial charge in [-0.3, -0.25) is 0 Å². The minimum absolute atomic E-state index is 0.326. The van der Waals surface area contributed by atoms with E-state index in [1.165, 1.54) is 11.8 Å². The minimum Gasteiger partial charge on any atom is -0.372 e. The highest BCUT2D eigenvalue weighted by Gasteiger charge is 2.05. The van der Waals surface area contributed by atoms with Gasteiger partial charge in [-0.15, -0.1) is 0 Å². The van der Waals surface area contributed by atoms with Crippen LogP contribution in [0, 0.1) is 5.82 Å². The number of hydrogen-bond donors (Lipinski definition) is 2. The molecule has 0 saturated carbocycles. The maximum atomic E-state index is 13.8. The second-order valence-corrected chi connectivity index (χ2v) is 5.71. The van der Waals surface area contributed by atoms with Crippen LogP contribution in [0.2, 0.25) is 0 Å². The Kier molecular flexibility index (Phi) is 5.63. The maximum absolute atomic E-state index is 13.8. The number of hydrogen-bond acceptors (Lipinski definition) is 5. The van der Waals surface area contributed by atoms with Crippen molar-refractivity contribution in [3.63, 3.8) is 0 Å². The van der Waals surface area contributed by atoms with Crippen molar-refractivity contribution in [2.24, 2.45) is 0 Å². The van der Waals surface area contributed by atoms with Crippen molar-refractivity contribution >= 4 is 28.8 Å². The van der Waals surface area contributed by atoms with Gasteiger partial charge in [0.05, 0.1) is 5.69 Å². The molecule has 0 spiro atoms. The van der Waals surface area contributed by atoms with E-state index in [2.05, 4.69) is 51.5 Å². The molecule has 6 heteroatoms. The van der Waals surface area contributed by atoms with Gasteiger partial charge in [-0.1, -0.05) is 12.1 Å². The maximum Gasteiger partial charge on any atom is 0.229 e. The van der Waals surface area contributed by atoms with Crippen LogP contribution in [0.5, 0.6) is 0 Å². The lowest BCUT2D eigenvalue weighted by atomic mass is 10.2. The predicted molar refractivity (Wildman–Crippen MR) is 105 cm³/mol. The molecule has 0 fully saturated rings. The number of benzene rings is 2. The minimum atomic E-state index is -0.326. The second-order valence-electron chi connectivity index (χ2n) is 5.71. The molecule has 0 aliphatic rings. The number of nitrogens with zero attached hydrogens (tertiary/aromatic N) is 3. The summed E-state index contributed by atoms with van der Waals surface area (Å²) < 4.78 is 13.8. The van der Waals surface area contributed by atoms with E-state index in [9.17, 15) is 4.39 Å². The average molecular weight is 351 g/mol. The van der Waals surface area contributed by atoms with Crippen molar-refractivity contribution < 1.29 is 4.39 Å². The predicted octanol–water partition coefficient (Wildman–Crippen LogP) is 4.95. The summed E-state index contributed by atoms with van der Waals surface area (Å²) in [5.74, 6) is 0.641. The summed E-state index contributed by atoms with van der Waals surface area (Å²) in [5.41, 5.74) is 2.45. The fourth-order valence-electron chi connectivity index (χ4n) is 2.66. The number of para-hydroxylation sites is 1. The molecule has 0 atom stereocenters. The van der Waals surface area contributed by atoms with Gasteiger partial charge in [0.2, 0.25) is 5.95 Å². The Balaban J connectivity index is 1.72. The lowest BCUT2D eigenvalue weighted by Gasteiger charge is -2.21. The number of anilines is 5. The normalized spacial score (nSPS) is 10.4. The zero-order valence-electron chi connectivity index (χ0n) is 14.9. The first kappa shape index (κ1) is 17.7. The van der Waals surface area contributed by atoms with Crippen molar-refractivity contribution in [1.82, 2.24) is 9.97 Å². The van der Waals surface area contributed by atoms with Crippen LogP contribution in [0.25, 0.3) is 0 Å². The summed E-state index contributed by atoms with van der Waals surface area (Å²) in [6.07, 6.45) is 1.63. The zero-order chi connectivity index (χ0) is 18.4. The van der Waals surface area contributed by atoms with Crippen molar-refractivity contribution in [2.75, 3.05) is 28.6 Å². The van der Waals surface area contributed by atoms with E-state index in [4.69, 9.17) is 0 Å². The first-order valence-corrected chi connectivity index (χ1v) is 8.66. The van der Waals surface area contributed by atoms with Gasteiger partial charge in [-0.25, -0.2) is 9.37 Å². The molecule has 2 N–H and O–H groups in total. The number of nitrogens with one attached hydrogen (secondary N) is 2. The van der Waals surface area contributed by atoms with Crippen LogP contribution < -0.4 is 15.5 Å². The van der Waals surface area contributed by atoms with Gasteiger partial charge >= 0.3 is 0 Å². The van der Waals surface area contributed by atoms with Crippen molar-refractivity contribution in [3.8, 4) is 0 Å². The van der Waals surface area contributed by atoms with Crippen LogP contribution in [0.4, 0.5) is 33.2 Å².